The smallest absolute Gasteiger partial charge is 0.348 e. The number of halogens is 3. The van der Waals surface area contributed by atoms with E-state index in [-0.39, 0.29) is 36.5 Å². The molecule has 0 saturated heterocycles. The molecular formula is C16H14F3NO3. The first-order valence-electron chi connectivity index (χ1n) is 6.96. The first-order valence-corrected chi connectivity index (χ1v) is 6.96. The summed E-state index contributed by atoms with van der Waals surface area (Å²) in [5.41, 5.74) is 1.23. The van der Waals surface area contributed by atoms with Crippen molar-refractivity contribution >= 4 is 17.5 Å². The Labute approximate surface area is 130 Å². The average Bonchev–Trinajstić information content (AvgIpc) is 2.51. The first kappa shape index (κ1) is 16.9. The van der Waals surface area contributed by atoms with Gasteiger partial charge in [-0.1, -0.05) is 24.3 Å². The van der Waals surface area contributed by atoms with E-state index in [0.29, 0.717) is 16.7 Å². The van der Waals surface area contributed by atoms with Gasteiger partial charge in [-0.15, -0.1) is 0 Å². The number of carbonyl (C=O) groups is 3. The molecule has 1 aliphatic rings. The number of alkyl halides is 3. The van der Waals surface area contributed by atoms with Gasteiger partial charge in [0.15, 0.2) is 11.6 Å². The number of amides is 1. The number of fused-ring (bicyclic) bond motifs is 1. The molecule has 0 atom stereocenters. The summed E-state index contributed by atoms with van der Waals surface area (Å²) >= 11 is 0. The number of hydrogen-bond acceptors (Lipinski definition) is 3. The standard InChI is InChI=1S/C16H14F3NO3/c1-9-10(7-4-8-20-15(23)16(17,18)19)14(22)12-6-3-2-5-11(12)13(9)21/h2-3,5-6H,4,7-8H2,1H3,(H,20,23). The van der Waals surface area contributed by atoms with E-state index < -0.39 is 12.1 Å². The van der Waals surface area contributed by atoms with Crippen molar-refractivity contribution in [3.05, 3.63) is 46.5 Å². The molecule has 1 N–H and O–H groups in total. The van der Waals surface area contributed by atoms with Gasteiger partial charge in [0.05, 0.1) is 0 Å². The lowest BCUT2D eigenvalue weighted by Gasteiger charge is -2.19. The molecule has 122 valence electrons. The molecule has 0 bridgehead atoms. The first-order chi connectivity index (χ1) is 10.7. The zero-order chi connectivity index (χ0) is 17.2. The van der Waals surface area contributed by atoms with Gasteiger partial charge < -0.3 is 5.32 Å². The molecular weight excluding hydrogens is 311 g/mol. The van der Waals surface area contributed by atoms with Crippen molar-refractivity contribution in [1.29, 1.82) is 0 Å². The van der Waals surface area contributed by atoms with Gasteiger partial charge in [-0.3, -0.25) is 14.4 Å². The minimum absolute atomic E-state index is 0.128. The van der Waals surface area contributed by atoms with E-state index in [2.05, 4.69) is 0 Å². The van der Waals surface area contributed by atoms with E-state index in [1.807, 2.05) is 0 Å². The maximum absolute atomic E-state index is 12.4. The Morgan fingerprint density at radius 1 is 1.09 bits per heavy atom. The van der Waals surface area contributed by atoms with Gasteiger partial charge >= 0.3 is 12.1 Å². The Balaban J connectivity index is 2.03. The van der Waals surface area contributed by atoms with Crippen molar-refractivity contribution < 1.29 is 27.6 Å². The summed E-state index contributed by atoms with van der Waals surface area (Å²) in [6.07, 6.45) is -4.66. The van der Waals surface area contributed by atoms with Crippen LogP contribution in [0.5, 0.6) is 0 Å². The molecule has 2 rings (SSSR count). The van der Waals surface area contributed by atoms with E-state index in [4.69, 9.17) is 0 Å². The second kappa shape index (κ2) is 6.36. The van der Waals surface area contributed by atoms with Crippen LogP contribution >= 0.6 is 0 Å². The Bertz CT molecular complexity index is 705. The molecule has 0 aromatic heterocycles. The second-order valence-corrected chi connectivity index (χ2v) is 5.16. The summed E-state index contributed by atoms with van der Waals surface area (Å²) in [7, 11) is 0. The topological polar surface area (TPSA) is 63.2 Å². The Kier molecular flexibility index (Phi) is 4.68. The third kappa shape index (κ3) is 3.49. The number of nitrogens with one attached hydrogen (secondary N) is 1. The maximum atomic E-state index is 12.4. The summed E-state index contributed by atoms with van der Waals surface area (Å²) in [6.45, 7) is 1.30. The maximum Gasteiger partial charge on any atom is 0.471 e. The quantitative estimate of drug-likeness (QED) is 0.866. The summed E-state index contributed by atoms with van der Waals surface area (Å²) in [4.78, 5) is 35.3. The highest BCUT2D eigenvalue weighted by molar-refractivity contribution is 6.26. The van der Waals surface area contributed by atoms with Crippen LogP contribution in [-0.2, 0) is 4.79 Å². The highest BCUT2D eigenvalue weighted by Crippen LogP contribution is 2.28. The largest absolute Gasteiger partial charge is 0.471 e. The predicted molar refractivity (Wildman–Crippen MR) is 76.1 cm³/mol. The zero-order valence-corrected chi connectivity index (χ0v) is 12.3. The van der Waals surface area contributed by atoms with Gasteiger partial charge in [0, 0.05) is 28.8 Å². The van der Waals surface area contributed by atoms with Gasteiger partial charge in [-0.05, 0) is 19.8 Å². The number of Topliss-reactive ketones (excluding diaryl/α,β-unsaturated/α-hetero) is 2. The monoisotopic (exact) mass is 325 g/mol. The summed E-state index contributed by atoms with van der Waals surface area (Å²) in [5.74, 6) is -2.56. The van der Waals surface area contributed by atoms with Crippen LogP contribution < -0.4 is 5.32 Å². The van der Waals surface area contributed by atoms with E-state index in [0.717, 1.165) is 0 Å². The molecule has 0 saturated carbocycles. The van der Waals surface area contributed by atoms with Crippen molar-refractivity contribution in [3.63, 3.8) is 0 Å². The van der Waals surface area contributed by atoms with E-state index >= 15 is 0 Å². The molecule has 0 fully saturated rings. The lowest BCUT2D eigenvalue weighted by molar-refractivity contribution is -0.173. The molecule has 0 heterocycles. The number of carbonyl (C=O) groups excluding carboxylic acids is 3. The molecule has 0 aliphatic heterocycles. The lowest BCUT2D eigenvalue weighted by atomic mass is 9.83. The van der Waals surface area contributed by atoms with Crippen LogP contribution in [0.25, 0.3) is 0 Å². The minimum Gasteiger partial charge on any atom is -0.348 e. The van der Waals surface area contributed by atoms with Gasteiger partial charge in [0.1, 0.15) is 0 Å². The molecule has 4 nitrogen and oxygen atoms in total. The molecule has 0 radical (unpaired) electrons. The predicted octanol–water partition coefficient (Wildman–Crippen LogP) is 2.84. The fourth-order valence-electron chi connectivity index (χ4n) is 2.42. The van der Waals surface area contributed by atoms with Gasteiger partial charge in [-0.25, -0.2) is 0 Å². The molecule has 1 aromatic carbocycles. The van der Waals surface area contributed by atoms with Crippen LogP contribution in [0.4, 0.5) is 13.2 Å². The fourth-order valence-corrected chi connectivity index (χ4v) is 2.42. The molecule has 7 heteroatoms. The SMILES string of the molecule is CC1=C(CCCNC(=O)C(F)(F)F)C(=O)c2ccccc2C1=O. The van der Waals surface area contributed by atoms with Crippen molar-refractivity contribution in [2.24, 2.45) is 0 Å². The summed E-state index contributed by atoms with van der Waals surface area (Å²) in [5, 5.41) is 1.74. The summed E-state index contributed by atoms with van der Waals surface area (Å²) < 4.78 is 36.2. The van der Waals surface area contributed by atoms with Crippen molar-refractivity contribution in [2.75, 3.05) is 6.54 Å². The summed E-state index contributed by atoms with van der Waals surface area (Å²) in [6, 6.07) is 6.42. The molecule has 1 aliphatic carbocycles. The van der Waals surface area contributed by atoms with Crippen LogP contribution in [0.15, 0.2) is 35.4 Å². The van der Waals surface area contributed by atoms with E-state index in [1.165, 1.54) is 6.92 Å². The van der Waals surface area contributed by atoms with Gasteiger partial charge in [-0.2, -0.15) is 13.2 Å². The van der Waals surface area contributed by atoms with Crippen LogP contribution in [0, 0.1) is 0 Å². The van der Waals surface area contributed by atoms with Crippen molar-refractivity contribution in [2.45, 2.75) is 25.9 Å². The Morgan fingerprint density at radius 2 is 1.65 bits per heavy atom. The Hall–Kier alpha value is -2.44. The third-order valence-corrected chi connectivity index (χ3v) is 3.63. The molecule has 1 aromatic rings. The van der Waals surface area contributed by atoms with Crippen LogP contribution in [0.3, 0.4) is 0 Å². The highest BCUT2D eigenvalue weighted by atomic mass is 19.4. The molecule has 0 spiro atoms. The van der Waals surface area contributed by atoms with E-state index in [1.54, 1.807) is 29.6 Å². The Morgan fingerprint density at radius 3 is 2.22 bits per heavy atom. The molecule has 23 heavy (non-hydrogen) atoms. The molecule has 1 amide bonds. The lowest BCUT2D eigenvalue weighted by Crippen LogP contribution is -2.37. The normalized spacial score (nSPS) is 14.8. The van der Waals surface area contributed by atoms with Gasteiger partial charge in [0.25, 0.3) is 0 Å². The average molecular weight is 325 g/mol. The zero-order valence-electron chi connectivity index (χ0n) is 12.3. The number of allylic oxidation sites excluding steroid dienone is 2. The van der Waals surface area contributed by atoms with Crippen LogP contribution in [0.1, 0.15) is 40.5 Å². The van der Waals surface area contributed by atoms with Crippen molar-refractivity contribution in [1.82, 2.24) is 5.32 Å². The van der Waals surface area contributed by atoms with E-state index in [9.17, 15) is 27.6 Å². The third-order valence-electron chi connectivity index (χ3n) is 3.63. The highest BCUT2D eigenvalue weighted by Gasteiger charge is 2.38. The van der Waals surface area contributed by atoms with Gasteiger partial charge in [0.2, 0.25) is 0 Å². The second-order valence-electron chi connectivity index (χ2n) is 5.16. The number of hydrogen-bond donors (Lipinski definition) is 1. The fraction of sp³-hybridized carbons (Fsp3) is 0.312. The van der Waals surface area contributed by atoms with Crippen LogP contribution in [0.2, 0.25) is 0 Å². The number of rotatable bonds is 4. The number of ketones is 2. The number of benzene rings is 1. The molecule has 0 unspecified atom stereocenters. The van der Waals surface area contributed by atoms with Crippen LogP contribution in [-0.4, -0.2) is 30.2 Å². The minimum atomic E-state index is -4.93. The van der Waals surface area contributed by atoms with Crippen molar-refractivity contribution in [3.8, 4) is 0 Å².